The molecule has 1 aromatic heterocycles. The predicted molar refractivity (Wildman–Crippen MR) is 111 cm³/mol. The van der Waals surface area contributed by atoms with Gasteiger partial charge in [0.05, 0.1) is 25.4 Å². The van der Waals surface area contributed by atoms with Crippen molar-refractivity contribution in [2.75, 3.05) is 27.3 Å². The fraction of sp³-hybridized carbons (Fsp3) is 0.500. The summed E-state index contributed by atoms with van der Waals surface area (Å²) in [5, 5.41) is 8.73. The number of halogens is 1. The lowest BCUT2D eigenvalue weighted by Gasteiger charge is -2.22. The zero-order valence-electron chi connectivity index (χ0n) is 16.9. The summed E-state index contributed by atoms with van der Waals surface area (Å²) in [4.78, 5) is 6.95. The molecule has 0 bridgehead atoms. The van der Waals surface area contributed by atoms with Gasteiger partial charge in [0.25, 0.3) is 0 Å². The molecule has 2 aromatic rings. The van der Waals surface area contributed by atoms with Crippen LogP contribution in [-0.4, -0.2) is 47.9 Å². The Morgan fingerprint density at radius 2 is 2.00 bits per heavy atom. The zero-order valence-corrected chi connectivity index (χ0v) is 17.7. The number of guanidine groups is 1. The second-order valence-electron chi connectivity index (χ2n) is 6.52. The highest BCUT2D eigenvalue weighted by Crippen LogP contribution is 2.15. The van der Waals surface area contributed by atoms with Crippen molar-refractivity contribution in [1.82, 2.24) is 20.0 Å². The van der Waals surface area contributed by atoms with Gasteiger partial charge in [0.15, 0.2) is 5.96 Å². The van der Waals surface area contributed by atoms with Crippen LogP contribution in [-0.2, 0) is 24.4 Å². The molecule has 0 spiro atoms. The number of aliphatic imine (C=N–C) groups is 1. The van der Waals surface area contributed by atoms with Crippen LogP contribution in [0, 0.1) is 13.8 Å². The number of ether oxygens (including phenoxy) is 1. The van der Waals surface area contributed by atoms with E-state index in [-0.39, 0.29) is 0 Å². The number of nitrogens with zero attached hydrogens (tertiary/aromatic N) is 4. The summed E-state index contributed by atoms with van der Waals surface area (Å²) in [6.07, 6.45) is 0. The van der Waals surface area contributed by atoms with Crippen LogP contribution in [0.25, 0.3) is 0 Å². The predicted octanol–water partition coefficient (Wildman–Crippen LogP) is 3.40. The molecule has 0 aliphatic carbocycles. The standard InChI is InChI=1S/C20H30ClN5O/c1-6-22-20(25(4)14-17-7-9-18(21)10-8-17)23-13-19-15(2)24-26(16(19)3)11-12-27-5/h7-10H,6,11-14H2,1-5H3,(H,22,23). The van der Waals surface area contributed by atoms with Crippen molar-refractivity contribution in [3.8, 4) is 0 Å². The van der Waals surface area contributed by atoms with E-state index >= 15 is 0 Å². The van der Waals surface area contributed by atoms with Gasteiger partial charge in [-0.2, -0.15) is 5.10 Å². The molecule has 27 heavy (non-hydrogen) atoms. The zero-order chi connectivity index (χ0) is 19.8. The van der Waals surface area contributed by atoms with Crippen LogP contribution in [0.1, 0.15) is 29.4 Å². The Hall–Kier alpha value is -2.05. The molecule has 0 saturated heterocycles. The number of rotatable bonds is 8. The van der Waals surface area contributed by atoms with E-state index in [9.17, 15) is 0 Å². The van der Waals surface area contributed by atoms with Crippen LogP contribution in [0.2, 0.25) is 5.02 Å². The monoisotopic (exact) mass is 391 g/mol. The summed E-state index contributed by atoms with van der Waals surface area (Å²) >= 11 is 5.98. The van der Waals surface area contributed by atoms with Gasteiger partial charge in [-0.25, -0.2) is 4.99 Å². The van der Waals surface area contributed by atoms with Crippen LogP contribution in [0.15, 0.2) is 29.3 Å². The highest BCUT2D eigenvalue weighted by molar-refractivity contribution is 6.30. The minimum atomic E-state index is 0.595. The summed E-state index contributed by atoms with van der Waals surface area (Å²) in [6.45, 7) is 9.77. The number of hydrogen-bond donors (Lipinski definition) is 1. The van der Waals surface area contributed by atoms with E-state index in [0.29, 0.717) is 13.2 Å². The van der Waals surface area contributed by atoms with Crippen LogP contribution in [0.3, 0.4) is 0 Å². The summed E-state index contributed by atoms with van der Waals surface area (Å²) in [5.41, 5.74) is 4.52. The molecule has 1 N–H and O–H groups in total. The van der Waals surface area contributed by atoms with Gasteiger partial charge in [0.2, 0.25) is 0 Å². The fourth-order valence-electron chi connectivity index (χ4n) is 2.92. The molecule has 148 valence electrons. The van der Waals surface area contributed by atoms with E-state index < -0.39 is 0 Å². The molecule has 2 rings (SSSR count). The van der Waals surface area contributed by atoms with Gasteiger partial charge < -0.3 is 15.0 Å². The number of aryl methyl sites for hydroxylation is 1. The number of methoxy groups -OCH3 is 1. The van der Waals surface area contributed by atoms with Crippen molar-refractivity contribution in [2.24, 2.45) is 4.99 Å². The molecule has 7 heteroatoms. The summed E-state index contributed by atoms with van der Waals surface area (Å²) in [6, 6.07) is 7.90. The summed E-state index contributed by atoms with van der Waals surface area (Å²) in [5.74, 6) is 0.871. The number of hydrogen-bond acceptors (Lipinski definition) is 3. The van der Waals surface area contributed by atoms with E-state index in [1.165, 1.54) is 11.1 Å². The molecule has 1 aromatic carbocycles. The highest BCUT2D eigenvalue weighted by Gasteiger charge is 2.12. The minimum Gasteiger partial charge on any atom is -0.383 e. The SMILES string of the molecule is CCNC(=NCc1c(C)nn(CCOC)c1C)N(C)Cc1ccc(Cl)cc1. The quantitative estimate of drug-likeness (QED) is 0.553. The van der Waals surface area contributed by atoms with Gasteiger partial charge in [0.1, 0.15) is 0 Å². The normalized spacial score (nSPS) is 11.7. The van der Waals surface area contributed by atoms with E-state index in [4.69, 9.17) is 21.3 Å². The van der Waals surface area contributed by atoms with Crippen LogP contribution >= 0.6 is 11.6 Å². The second-order valence-corrected chi connectivity index (χ2v) is 6.95. The molecular weight excluding hydrogens is 362 g/mol. The number of nitrogens with one attached hydrogen (secondary N) is 1. The van der Waals surface area contributed by atoms with Crippen molar-refractivity contribution in [2.45, 2.75) is 40.4 Å². The van der Waals surface area contributed by atoms with Gasteiger partial charge >= 0.3 is 0 Å². The maximum absolute atomic E-state index is 5.98. The Morgan fingerprint density at radius 1 is 1.30 bits per heavy atom. The van der Waals surface area contributed by atoms with Gasteiger partial charge in [-0.3, -0.25) is 4.68 Å². The molecule has 0 fully saturated rings. The molecule has 0 aliphatic rings. The van der Waals surface area contributed by atoms with E-state index in [2.05, 4.69) is 29.2 Å². The average Bonchev–Trinajstić information content (AvgIpc) is 2.92. The first kappa shape index (κ1) is 21.3. The maximum atomic E-state index is 5.98. The first-order valence-electron chi connectivity index (χ1n) is 9.22. The first-order valence-corrected chi connectivity index (χ1v) is 9.59. The Labute approximate surface area is 167 Å². The third kappa shape index (κ3) is 5.97. The van der Waals surface area contributed by atoms with Crippen molar-refractivity contribution in [1.29, 1.82) is 0 Å². The van der Waals surface area contributed by atoms with E-state index in [0.717, 1.165) is 42.0 Å². The van der Waals surface area contributed by atoms with Crippen LogP contribution in [0.5, 0.6) is 0 Å². The lowest BCUT2D eigenvalue weighted by Crippen LogP contribution is -2.38. The first-order chi connectivity index (χ1) is 13.0. The molecule has 1 heterocycles. The minimum absolute atomic E-state index is 0.595. The van der Waals surface area contributed by atoms with Crippen molar-refractivity contribution in [3.05, 3.63) is 51.8 Å². The molecule has 0 saturated carbocycles. The Morgan fingerprint density at radius 3 is 2.63 bits per heavy atom. The number of aromatic nitrogens is 2. The smallest absolute Gasteiger partial charge is 0.194 e. The summed E-state index contributed by atoms with van der Waals surface area (Å²) < 4.78 is 7.16. The van der Waals surface area contributed by atoms with Gasteiger partial charge in [0, 0.05) is 43.5 Å². The molecular formula is C20H30ClN5O. The largest absolute Gasteiger partial charge is 0.383 e. The van der Waals surface area contributed by atoms with Gasteiger partial charge in [-0.05, 0) is 38.5 Å². The molecule has 0 amide bonds. The molecule has 0 aliphatic heterocycles. The number of benzene rings is 1. The third-order valence-corrected chi connectivity index (χ3v) is 4.71. The highest BCUT2D eigenvalue weighted by atomic mass is 35.5. The lowest BCUT2D eigenvalue weighted by atomic mass is 10.2. The lowest BCUT2D eigenvalue weighted by molar-refractivity contribution is 0.182. The molecule has 0 radical (unpaired) electrons. The fourth-order valence-corrected chi connectivity index (χ4v) is 3.05. The van der Waals surface area contributed by atoms with Crippen molar-refractivity contribution < 1.29 is 4.74 Å². The third-order valence-electron chi connectivity index (χ3n) is 4.45. The van der Waals surface area contributed by atoms with Crippen LogP contribution < -0.4 is 5.32 Å². The van der Waals surface area contributed by atoms with Gasteiger partial charge in [-0.1, -0.05) is 23.7 Å². The Kier molecular flexibility index (Phi) is 8.13. The Bertz CT molecular complexity index is 754. The van der Waals surface area contributed by atoms with Crippen molar-refractivity contribution >= 4 is 17.6 Å². The average molecular weight is 392 g/mol. The van der Waals surface area contributed by atoms with E-state index in [1.54, 1.807) is 7.11 Å². The molecule has 6 nitrogen and oxygen atoms in total. The summed E-state index contributed by atoms with van der Waals surface area (Å²) in [7, 11) is 3.74. The Balaban J connectivity index is 2.12. The van der Waals surface area contributed by atoms with Crippen LogP contribution in [0.4, 0.5) is 0 Å². The van der Waals surface area contributed by atoms with Crippen molar-refractivity contribution in [3.63, 3.8) is 0 Å². The maximum Gasteiger partial charge on any atom is 0.194 e. The van der Waals surface area contributed by atoms with Gasteiger partial charge in [-0.15, -0.1) is 0 Å². The topological polar surface area (TPSA) is 54.7 Å². The van der Waals surface area contributed by atoms with E-state index in [1.807, 2.05) is 42.9 Å². The second kappa shape index (κ2) is 10.3. The molecule has 0 atom stereocenters. The molecule has 0 unspecified atom stereocenters.